The van der Waals surface area contributed by atoms with Crippen molar-refractivity contribution >= 4 is 29.0 Å². The highest BCUT2D eigenvalue weighted by Crippen LogP contribution is 2.25. The summed E-state index contributed by atoms with van der Waals surface area (Å²) >= 11 is 3.21. The first-order valence-electron chi connectivity index (χ1n) is 7.64. The molecule has 2 rings (SSSR count). The largest absolute Gasteiger partial charge is 0.497 e. The van der Waals surface area contributed by atoms with Crippen LogP contribution in [0.4, 0.5) is 0 Å². The molecule has 130 valence electrons. The number of benzene rings is 1. The number of nitrogens with zero attached hydrogens (tertiary/aromatic N) is 1. The van der Waals surface area contributed by atoms with Crippen LogP contribution in [0.1, 0.15) is 12.1 Å². The summed E-state index contributed by atoms with van der Waals surface area (Å²) in [5.74, 6) is 1.60. The topological polar surface area (TPSA) is 71.5 Å². The Morgan fingerprint density at radius 1 is 1.42 bits per heavy atom. The average Bonchev–Trinajstić information content (AvgIpc) is 3.07. The van der Waals surface area contributed by atoms with Gasteiger partial charge in [0.25, 0.3) is 0 Å². The van der Waals surface area contributed by atoms with Crippen LogP contribution in [0, 0.1) is 0 Å². The highest BCUT2D eigenvalue weighted by atomic mass is 32.2. The summed E-state index contributed by atoms with van der Waals surface area (Å²) in [7, 11) is 1.63. The normalized spacial score (nSPS) is 12.0. The minimum absolute atomic E-state index is 0.0412. The molecule has 24 heavy (non-hydrogen) atoms. The van der Waals surface area contributed by atoms with E-state index in [-0.39, 0.29) is 25.0 Å². The number of nitrogens with one attached hydrogen (secondary N) is 1. The molecule has 2 aromatic rings. The smallest absolute Gasteiger partial charge is 0.226 e. The van der Waals surface area contributed by atoms with Crippen LogP contribution in [0.15, 0.2) is 29.6 Å². The second kappa shape index (κ2) is 9.66. The zero-order chi connectivity index (χ0) is 17.4. The molecule has 2 N–H and O–H groups in total. The zero-order valence-corrected chi connectivity index (χ0v) is 15.5. The Kier molecular flexibility index (Phi) is 7.55. The highest BCUT2D eigenvalue weighted by Gasteiger charge is 2.13. The summed E-state index contributed by atoms with van der Waals surface area (Å²) in [6.45, 7) is -0.0412. The molecule has 0 aliphatic heterocycles. The number of aliphatic hydroxyl groups is 1. The number of amides is 1. The number of carbonyl (C=O) groups excluding carboxylic acids is 1. The molecule has 0 radical (unpaired) electrons. The van der Waals surface area contributed by atoms with Gasteiger partial charge in [0.15, 0.2) is 0 Å². The van der Waals surface area contributed by atoms with Crippen molar-refractivity contribution in [2.45, 2.75) is 18.9 Å². The standard InChI is InChI=1S/C17H22N2O3S2/c1-22-15-5-3-12(4-6-15)17-19-14(11-24-17)9-16(21)18-13(10-20)7-8-23-2/h3-6,11,13,20H,7-10H2,1-2H3,(H,18,21). The summed E-state index contributed by atoms with van der Waals surface area (Å²) in [6, 6.07) is 7.49. The van der Waals surface area contributed by atoms with E-state index in [1.807, 2.05) is 35.9 Å². The maximum atomic E-state index is 12.1. The Morgan fingerprint density at radius 3 is 2.79 bits per heavy atom. The molecule has 0 fully saturated rings. The molecule has 1 amide bonds. The third kappa shape index (κ3) is 5.51. The van der Waals surface area contributed by atoms with Crippen LogP contribution in [-0.4, -0.2) is 47.8 Å². The molecule has 5 nitrogen and oxygen atoms in total. The Morgan fingerprint density at radius 2 is 2.17 bits per heavy atom. The summed E-state index contributed by atoms with van der Waals surface area (Å²) in [4.78, 5) is 16.6. The van der Waals surface area contributed by atoms with Crippen molar-refractivity contribution in [2.75, 3.05) is 25.7 Å². The van der Waals surface area contributed by atoms with Gasteiger partial charge in [-0.1, -0.05) is 0 Å². The lowest BCUT2D eigenvalue weighted by Crippen LogP contribution is -2.38. The first-order valence-corrected chi connectivity index (χ1v) is 9.91. The predicted molar refractivity (Wildman–Crippen MR) is 99.8 cm³/mol. The molecule has 1 aromatic carbocycles. The molecule has 0 aliphatic rings. The molecular weight excluding hydrogens is 344 g/mol. The van der Waals surface area contributed by atoms with Crippen molar-refractivity contribution in [1.29, 1.82) is 0 Å². The minimum atomic E-state index is -0.190. The highest BCUT2D eigenvalue weighted by molar-refractivity contribution is 7.98. The Bertz CT molecular complexity index is 644. The molecule has 1 unspecified atom stereocenters. The Balaban J connectivity index is 1.93. The van der Waals surface area contributed by atoms with Crippen LogP contribution in [0.25, 0.3) is 10.6 Å². The van der Waals surface area contributed by atoms with E-state index < -0.39 is 0 Å². The van der Waals surface area contributed by atoms with Crippen molar-refractivity contribution in [3.05, 3.63) is 35.3 Å². The van der Waals surface area contributed by atoms with Gasteiger partial charge < -0.3 is 15.2 Å². The van der Waals surface area contributed by atoms with Gasteiger partial charge in [-0.05, 0) is 42.7 Å². The van der Waals surface area contributed by atoms with Gasteiger partial charge in [0.1, 0.15) is 10.8 Å². The Hall–Kier alpha value is -1.57. The van der Waals surface area contributed by atoms with E-state index in [2.05, 4.69) is 10.3 Å². The van der Waals surface area contributed by atoms with Gasteiger partial charge in [0, 0.05) is 10.9 Å². The number of thioether (sulfide) groups is 1. The fourth-order valence-corrected chi connectivity index (χ4v) is 3.51. The van der Waals surface area contributed by atoms with Crippen LogP contribution in [0.3, 0.4) is 0 Å². The molecule has 0 saturated carbocycles. The number of thiazole rings is 1. The minimum Gasteiger partial charge on any atom is -0.497 e. The van der Waals surface area contributed by atoms with Crippen molar-refractivity contribution in [2.24, 2.45) is 0 Å². The second-order valence-corrected chi connectivity index (χ2v) is 7.12. The molecule has 1 heterocycles. The first kappa shape index (κ1) is 18.8. The van der Waals surface area contributed by atoms with Crippen LogP contribution < -0.4 is 10.1 Å². The van der Waals surface area contributed by atoms with Gasteiger partial charge in [-0.25, -0.2) is 4.98 Å². The van der Waals surface area contributed by atoms with Crippen LogP contribution in [0.5, 0.6) is 5.75 Å². The molecule has 1 atom stereocenters. The van der Waals surface area contributed by atoms with Gasteiger partial charge in [0.05, 0.1) is 31.9 Å². The zero-order valence-electron chi connectivity index (χ0n) is 13.8. The Labute approximate surface area is 150 Å². The van der Waals surface area contributed by atoms with Crippen LogP contribution in [-0.2, 0) is 11.2 Å². The van der Waals surface area contributed by atoms with Gasteiger partial charge in [-0.15, -0.1) is 11.3 Å². The number of rotatable bonds is 9. The van der Waals surface area contributed by atoms with E-state index in [1.165, 1.54) is 11.3 Å². The van der Waals surface area contributed by atoms with E-state index in [9.17, 15) is 9.90 Å². The summed E-state index contributed by atoms with van der Waals surface area (Å²) in [5.41, 5.74) is 1.74. The van der Waals surface area contributed by atoms with Crippen molar-refractivity contribution in [1.82, 2.24) is 10.3 Å². The van der Waals surface area contributed by atoms with E-state index in [0.717, 1.165) is 34.2 Å². The summed E-state index contributed by atoms with van der Waals surface area (Å²) < 4.78 is 5.15. The van der Waals surface area contributed by atoms with E-state index in [1.54, 1.807) is 18.9 Å². The predicted octanol–water partition coefficient (Wildman–Crippen LogP) is 2.59. The lowest BCUT2D eigenvalue weighted by atomic mass is 10.2. The summed E-state index contributed by atoms with van der Waals surface area (Å²) in [5, 5.41) is 14.9. The molecule has 0 bridgehead atoms. The molecule has 7 heteroatoms. The van der Waals surface area contributed by atoms with Crippen LogP contribution in [0.2, 0.25) is 0 Å². The molecule has 0 saturated heterocycles. The number of hydrogen-bond acceptors (Lipinski definition) is 6. The number of aliphatic hydroxyl groups excluding tert-OH is 1. The lowest BCUT2D eigenvalue weighted by Gasteiger charge is -2.15. The van der Waals surface area contributed by atoms with Crippen molar-refractivity contribution < 1.29 is 14.6 Å². The number of ether oxygens (including phenoxy) is 1. The monoisotopic (exact) mass is 366 g/mol. The second-order valence-electron chi connectivity index (χ2n) is 5.28. The average molecular weight is 367 g/mol. The van der Waals surface area contributed by atoms with Gasteiger partial charge in [-0.3, -0.25) is 4.79 Å². The third-order valence-electron chi connectivity index (χ3n) is 3.49. The number of carbonyl (C=O) groups is 1. The maximum Gasteiger partial charge on any atom is 0.226 e. The molecule has 1 aromatic heterocycles. The van der Waals surface area contributed by atoms with Gasteiger partial charge in [0.2, 0.25) is 5.91 Å². The third-order valence-corrected chi connectivity index (χ3v) is 5.07. The SMILES string of the molecule is COc1ccc(-c2nc(CC(=O)NC(CO)CCSC)cs2)cc1. The van der Waals surface area contributed by atoms with Gasteiger partial charge in [-0.2, -0.15) is 11.8 Å². The van der Waals surface area contributed by atoms with Crippen molar-refractivity contribution in [3.8, 4) is 16.3 Å². The van der Waals surface area contributed by atoms with E-state index in [4.69, 9.17) is 4.74 Å². The van der Waals surface area contributed by atoms with Gasteiger partial charge >= 0.3 is 0 Å². The number of aromatic nitrogens is 1. The fraction of sp³-hybridized carbons (Fsp3) is 0.412. The quantitative estimate of drug-likeness (QED) is 0.714. The molecular formula is C17H22N2O3S2. The number of hydrogen-bond donors (Lipinski definition) is 2. The first-order chi connectivity index (χ1) is 11.7. The number of methoxy groups -OCH3 is 1. The van der Waals surface area contributed by atoms with Crippen LogP contribution >= 0.6 is 23.1 Å². The molecule has 0 spiro atoms. The lowest BCUT2D eigenvalue weighted by molar-refractivity contribution is -0.121. The molecule has 0 aliphatic carbocycles. The summed E-state index contributed by atoms with van der Waals surface area (Å²) in [6.07, 6.45) is 2.99. The van der Waals surface area contributed by atoms with E-state index in [0.29, 0.717) is 0 Å². The maximum absolute atomic E-state index is 12.1. The van der Waals surface area contributed by atoms with Crippen molar-refractivity contribution in [3.63, 3.8) is 0 Å². The van der Waals surface area contributed by atoms with E-state index >= 15 is 0 Å². The fourth-order valence-electron chi connectivity index (χ4n) is 2.17.